The number of sulfone groups is 2. The van der Waals surface area contributed by atoms with E-state index in [0.717, 1.165) is 107 Å². The molecule has 2 saturated heterocycles. The zero-order valence-corrected chi connectivity index (χ0v) is 43.7. The first-order valence-corrected chi connectivity index (χ1v) is 29.8. The maximum absolute atomic E-state index is 14.4. The molecule has 0 bridgehead atoms. The highest BCUT2D eigenvalue weighted by atomic mass is 32.2. The number of halogens is 1. The van der Waals surface area contributed by atoms with Crippen LogP contribution in [0, 0.1) is 50.7 Å². The van der Waals surface area contributed by atoms with Crippen molar-refractivity contribution in [3.8, 4) is 0 Å². The highest BCUT2D eigenvalue weighted by molar-refractivity contribution is 7.91. The Morgan fingerprint density at radius 3 is 2.06 bits per heavy atom. The summed E-state index contributed by atoms with van der Waals surface area (Å²) in [4.78, 5) is 29.0. The normalized spacial score (nSPS) is 41.1. The number of ketones is 1. The van der Waals surface area contributed by atoms with Crippen LogP contribution in [0.15, 0.2) is 34.4 Å². The maximum Gasteiger partial charge on any atom is 0.312 e. The molecule has 0 spiro atoms. The van der Waals surface area contributed by atoms with E-state index in [9.17, 15) is 35.9 Å². The zero-order chi connectivity index (χ0) is 48.1. The Morgan fingerprint density at radius 2 is 1.48 bits per heavy atom. The number of alkyl halides is 1. The first-order chi connectivity index (χ1) is 30.7. The number of likely N-dealkylation sites (tertiary alicyclic amines) is 2. The van der Waals surface area contributed by atoms with Gasteiger partial charge in [-0.3, -0.25) is 14.5 Å². The van der Waals surface area contributed by atoms with Gasteiger partial charge >= 0.3 is 5.97 Å². The molecule has 2 aliphatic heterocycles. The molecule has 0 aromatic heterocycles. The largest absolute Gasteiger partial charge is 0.481 e. The Labute approximate surface area is 397 Å². The van der Waals surface area contributed by atoms with Crippen LogP contribution in [-0.2, 0) is 29.3 Å². The van der Waals surface area contributed by atoms with Gasteiger partial charge in [-0.05, 0) is 158 Å². The number of hydrogen-bond donors (Lipinski definition) is 2. The number of nitrogens with zero attached hydrogens (tertiary/aromatic N) is 2. The Hall–Kier alpha value is -1.93. The minimum Gasteiger partial charge on any atom is -0.481 e. The molecule has 2 heterocycles. The number of fused-ring (bicyclic) bond motifs is 7. The highest BCUT2D eigenvalue weighted by Crippen LogP contribution is 2.76. The number of carbonyl (C=O) groups excluding carboxylic acids is 1. The number of carboxylic acids is 1. The Balaban J connectivity index is 1.02. The fourth-order valence-corrected chi connectivity index (χ4v) is 19.2. The van der Waals surface area contributed by atoms with Gasteiger partial charge < -0.3 is 14.9 Å². The van der Waals surface area contributed by atoms with Crippen LogP contribution in [0.2, 0.25) is 0 Å². The molecule has 0 radical (unpaired) electrons. The van der Waals surface area contributed by atoms with Crippen molar-refractivity contribution < 1.29 is 40.4 Å². The van der Waals surface area contributed by atoms with Crippen LogP contribution in [0.1, 0.15) is 145 Å². The molecule has 6 aliphatic carbocycles. The molecule has 66 heavy (non-hydrogen) atoms. The third-order valence-corrected chi connectivity index (χ3v) is 24.6. The third-order valence-electron chi connectivity index (χ3n) is 21.2. The first kappa shape index (κ1) is 50.5. The van der Waals surface area contributed by atoms with Crippen LogP contribution in [-0.4, -0.2) is 131 Å². The minimum absolute atomic E-state index is 0.0214. The number of quaternary nitrogens is 1. The molecule has 2 N–H and O–H groups in total. The summed E-state index contributed by atoms with van der Waals surface area (Å²) in [6.07, 6.45) is 19.1. The van der Waals surface area contributed by atoms with Crippen molar-refractivity contribution in [1.82, 2.24) is 10.2 Å². The van der Waals surface area contributed by atoms with Crippen LogP contribution in [0.3, 0.4) is 0 Å². The van der Waals surface area contributed by atoms with Crippen LogP contribution >= 0.6 is 0 Å². The molecule has 8 rings (SSSR count). The second kappa shape index (κ2) is 17.4. The number of Topliss-reactive ketones (excluding diaryl/α,β-unsaturated/α-hetero) is 1. The topological polar surface area (TPSA) is 138 Å². The van der Waals surface area contributed by atoms with Gasteiger partial charge in [-0.15, -0.1) is 0 Å². The lowest BCUT2D eigenvalue weighted by Crippen LogP contribution is -2.66. The summed E-state index contributed by atoms with van der Waals surface area (Å²) < 4.78 is 65.0. The van der Waals surface area contributed by atoms with Gasteiger partial charge in [0.15, 0.2) is 15.6 Å². The van der Waals surface area contributed by atoms with Gasteiger partial charge in [-0.1, -0.05) is 60.6 Å². The van der Waals surface area contributed by atoms with E-state index in [4.69, 9.17) is 0 Å². The lowest BCUT2D eigenvalue weighted by Gasteiger charge is -2.71. The summed E-state index contributed by atoms with van der Waals surface area (Å²) >= 11 is 0. The van der Waals surface area contributed by atoms with Gasteiger partial charge in [-0.25, -0.2) is 21.2 Å². The van der Waals surface area contributed by atoms with Gasteiger partial charge in [-0.2, -0.15) is 0 Å². The van der Waals surface area contributed by atoms with E-state index in [-0.39, 0.29) is 50.0 Å². The Bertz CT molecular complexity index is 2260. The number of carbonyl (C=O) groups is 2. The number of piperidine rings is 2. The average Bonchev–Trinajstić information content (AvgIpc) is 3.54. The number of hydrogen-bond acceptors (Lipinski definition) is 8. The van der Waals surface area contributed by atoms with Crippen LogP contribution in [0.5, 0.6) is 0 Å². The predicted molar refractivity (Wildman–Crippen MR) is 261 cm³/mol. The quantitative estimate of drug-likeness (QED) is 0.174. The van der Waals surface area contributed by atoms with Gasteiger partial charge in [0, 0.05) is 50.4 Å². The van der Waals surface area contributed by atoms with Crippen LogP contribution in [0.25, 0.3) is 0 Å². The highest BCUT2D eigenvalue weighted by Gasteiger charge is 2.69. The van der Waals surface area contributed by atoms with E-state index in [1.165, 1.54) is 29.2 Å². The maximum atomic E-state index is 14.4. The van der Waals surface area contributed by atoms with E-state index in [1.807, 2.05) is 0 Å². The van der Waals surface area contributed by atoms with E-state index in [2.05, 4.69) is 70.8 Å². The van der Waals surface area contributed by atoms with E-state index >= 15 is 0 Å². The Kier molecular flexibility index (Phi) is 13.3. The fourth-order valence-electron chi connectivity index (χ4n) is 17.0. The Morgan fingerprint density at radius 1 is 0.833 bits per heavy atom. The monoisotopic (exact) mass is 959 g/mol. The molecular weight excluding hydrogens is 874 g/mol. The summed E-state index contributed by atoms with van der Waals surface area (Å²) in [5.41, 5.74) is 3.50. The SMILES string of the molecule is CC(C)C1=C2C3CCC4[C@@]5(C)CC=C(C6=CC[C@](CF)(C(=O)O)CC6)C(C)(C)C5CC[C@@]4(C)[C@]3(C)CC[C@@]2(NCC[N+]2(CCN3CCC(S(C)(=O)=O)CC3)CCC(S(C)(=O)=O)CC2)CC1=O. The lowest BCUT2D eigenvalue weighted by molar-refractivity contribution is -0.930. The lowest BCUT2D eigenvalue weighted by atomic mass is 9.33. The molecule has 0 aromatic rings. The molecule has 10 nitrogen and oxygen atoms in total. The smallest absolute Gasteiger partial charge is 0.312 e. The van der Waals surface area contributed by atoms with Crippen LogP contribution in [0.4, 0.5) is 4.39 Å². The first-order valence-electron chi connectivity index (χ1n) is 25.9. The van der Waals surface area contributed by atoms with Crippen molar-refractivity contribution >= 4 is 31.4 Å². The third kappa shape index (κ3) is 8.29. The van der Waals surface area contributed by atoms with Gasteiger partial charge in [0.1, 0.15) is 16.5 Å². The number of aliphatic carboxylic acids is 1. The fraction of sp³-hybridized carbons (Fsp3) is 0.849. The van der Waals surface area contributed by atoms with Crippen molar-refractivity contribution in [1.29, 1.82) is 0 Å². The molecule has 8 atom stereocenters. The minimum atomic E-state index is -3.13. The standard InChI is InChI=1S/C53H84FN3O7S2/c1-36(2)45-42(58)34-53(55-26-32-57(30-18-39(19-31-57)66(9,63)64)33-29-56-27-16-38(17-28-56)65(8,61)62)25-24-50(6)41(46(45)53)10-11-44-49(5)20-14-40(48(3,4)43(49)15-21-51(44,50)7)37-12-22-52(35-54,23-13-37)47(59)60/h12,14,36,38-39,41,43-44,55H,10-11,13,15-35H2,1-9H3/p+1/t39?,41?,43?,44?,49-,50+,51+,52-,53+,57?/m0/s1. The number of rotatable bonds is 13. The van der Waals surface area contributed by atoms with Gasteiger partial charge in [0.25, 0.3) is 0 Å². The number of allylic oxidation sites excluding steroid dienone is 5. The molecule has 3 saturated carbocycles. The molecule has 3 unspecified atom stereocenters. The van der Waals surface area contributed by atoms with E-state index in [0.29, 0.717) is 68.5 Å². The van der Waals surface area contributed by atoms with E-state index < -0.39 is 37.7 Å². The molecule has 0 aromatic carbocycles. The van der Waals surface area contributed by atoms with E-state index in [1.54, 1.807) is 0 Å². The van der Waals surface area contributed by atoms with Crippen LogP contribution < -0.4 is 5.32 Å². The second-order valence-electron chi connectivity index (χ2n) is 25.0. The molecule has 13 heteroatoms. The van der Waals surface area contributed by atoms with Crippen molar-refractivity contribution in [3.05, 3.63) is 34.4 Å². The second-order valence-corrected chi connectivity index (χ2v) is 29.7. The van der Waals surface area contributed by atoms with Crippen molar-refractivity contribution in [2.45, 2.75) is 161 Å². The molecule has 372 valence electrons. The molecule has 5 fully saturated rings. The summed E-state index contributed by atoms with van der Waals surface area (Å²) in [5, 5.41) is 13.5. The number of nitrogens with one attached hydrogen (secondary N) is 1. The summed E-state index contributed by atoms with van der Waals surface area (Å²) in [5.74, 6) is 0.724. The average molecular weight is 959 g/mol. The molecule has 8 aliphatic rings. The molecular formula is C53H85FN3O7S2+. The summed E-state index contributed by atoms with van der Waals surface area (Å²) in [7, 11) is -6.19. The molecule has 0 amide bonds. The summed E-state index contributed by atoms with van der Waals surface area (Å²) in [6, 6.07) is 0. The predicted octanol–water partition coefficient (Wildman–Crippen LogP) is 8.53. The van der Waals surface area contributed by atoms with Gasteiger partial charge in [0.2, 0.25) is 0 Å². The van der Waals surface area contributed by atoms with Gasteiger partial charge in [0.05, 0.1) is 42.1 Å². The van der Waals surface area contributed by atoms with Crippen molar-refractivity contribution in [2.24, 2.45) is 50.7 Å². The zero-order valence-electron chi connectivity index (χ0n) is 42.1. The number of carboxylic acid groups (broad SMARTS) is 1. The van der Waals surface area contributed by atoms with Crippen molar-refractivity contribution in [3.63, 3.8) is 0 Å². The van der Waals surface area contributed by atoms with Crippen molar-refractivity contribution in [2.75, 3.05) is 71.5 Å². The summed E-state index contributed by atoms with van der Waals surface area (Å²) in [6.45, 7) is 22.8.